The van der Waals surface area contributed by atoms with E-state index in [-0.39, 0.29) is 0 Å². The summed E-state index contributed by atoms with van der Waals surface area (Å²) in [5.41, 5.74) is 11.1. The summed E-state index contributed by atoms with van der Waals surface area (Å²) in [5.74, 6) is 1.94. The van der Waals surface area contributed by atoms with Crippen LogP contribution in [0.3, 0.4) is 0 Å². The lowest BCUT2D eigenvalue weighted by Gasteiger charge is -2.17. The van der Waals surface area contributed by atoms with Gasteiger partial charge >= 0.3 is 0 Å². The number of fused-ring (bicyclic) bond motifs is 13. The van der Waals surface area contributed by atoms with E-state index in [0.717, 1.165) is 33.5 Å². The largest absolute Gasteiger partial charge is 0.308 e. The summed E-state index contributed by atoms with van der Waals surface area (Å²) in [7, 11) is 0. The fraction of sp³-hybridized carbons (Fsp3) is 0. The predicted octanol–water partition coefficient (Wildman–Crippen LogP) is 14.3. The standard InChI is InChI=1S/C53H30N4S/c1-3-15-32(16-4-1)51-54-52(33-17-5-2-6-18-33)56-53(55-51)42-30-34(29-41-37-25-13-19-31-20-14-26-40(45(31)37)46(41)42)57-43-27-11-9-23-38(43)47-35-21-7-8-22-36(35)48-39-24-10-12-28-44(39)58-50(48)49(47)57/h1-30H. The minimum absolute atomic E-state index is 0.646. The molecule has 12 aromatic rings. The van der Waals surface area contributed by atoms with Gasteiger partial charge in [0.05, 0.1) is 15.7 Å². The molecule has 0 amide bonds. The van der Waals surface area contributed by atoms with Crippen molar-refractivity contribution in [3.8, 4) is 62.1 Å². The number of nitrogens with zero attached hydrogens (tertiary/aromatic N) is 4. The Morgan fingerprint density at radius 2 is 0.966 bits per heavy atom. The predicted molar refractivity (Wildman–Crippen MR) is 243 cm³/mol. The van der Waals surface area contributed by atoms with Gasteiger partial charge in [0.1, 0.15) is 0 Å². The van der Waals surface area contributed by atoms with Crippen LogP contribution in [-0.4, -0.2) is 19.5 Å². The van der Waals surface area contributed by atoms with Gasteiger partial charge in [-0.2, -0.15) is 0 Å². The monoisotopic (exact) mass is 754 g/mol. The number of para-hydroxylation sites is 1. The number of hydrogen-bond donors (Lipinski definition) is 0. The number of benzene rings is 9. The second kappa shape index (κ2) is 12.0. The van der Waals surface area contributed by atoms with Crippen LogP contribution in [0, 0.1) is 0 Å². The summed E-state index contributed by atoms with van der Waals surface area (Å²) in [5, 5.41) is 10.1. The zero-order valence-electron chi connectivity index (χ0n) is 31.0. The second-order valence-electron chi connectivity index (χ2n) is 15.1. The van der Waals surface area contributed by atoms with Crippen molar-refractivity contribution in [2.45, 2.75) is 0 Å². The number of aromatic nitrogens is 4. The van der Waals surface area contributed by atoms with Crippen LogP contribution in [0.25, 0.3) is 126 Å². The summed E-state index contributed by atoms with van der Waals surface area (Å²) in [6.07, 6.45) is 0. The van der Waals surface area contributed by atoms with E-state index in [4.69, 9.17) is 15.0 Å². The van der Waals surface area contributed by atoms with E-state index in [1.807, 2.05) is 47.7 Å². The first-order valence-corrected chi connectivity index (χ1v) is 20.4. The second-order valence-corrected chi connectivity index (χ2v) is 16.1. The lowest BCUT2D eigenvalue weighted by atomic mass is 9.96. The SMILES string of the molecule is c1ccc(-c2nc(-c3ccccc3)nc(-c3cc(-n4c5ccccc5c5c6ccccc6c6c7ccccc7sc6c54)cc4c3-c3cccc5cccc-4c35)n2)cc1. The Bertz CT molecular complexity index is 3610. The molecular weight excluding hydrogens is 725 g/mol. The molecule has 9 aromatic carbocycles. The molecule has 4 nitrogen and oxygen atoms in total. The highest BCUT2D eigenvalue weighted by atomic mass is 32.1. The molecule has 0 spiro atoms. The summed E-state index contributed by atoms with van der Waals surface area (Å²) in [4.78, 5) is 15.8. The smallest absolute Gasteiger partial charge is 0.164 e. The normalized spacial score (nSPS) is 12.1. The maximum Gasteiger partial charge on any atom is 0.164 e. The summed E-state index contributed by atoms with van der Waals surface area (Å²) < 4.78 is 5.09. The zero-order valence-corrected chi connectivity index (χ0v) is 31.8. The van der Waals surface area contributed by atoms with Gasteiger partial charge in [0.25, 0.3) is 0 Å². The molecule has 58 heavy (non-hydrogen) atoms. The average molecular weight is 755 g/mol. The highest BCUT2D eigenvalue weighted by Crippen LogP contribution is 2.53. The van der Waals surface area contributed by atoms with Crippen molar-refractivity contribution in [2.24, 2.45) is 0 Å². The fourth-order valence-electron chi connectivity index (χ4n) is 9.53. The number of hydrogen-bond acceptors (Lipinski definition) is 4. The van der Waals surface area contributed by atoms with Gasteiger partial charge in [0, 0.05) is 54.2 Å². The van der Waals surface area contributed by atoms with E-state index in [0.29, 0.717) is 17.5 Å². The van der Waals surface area contributed by atoms with E-state index < -0.39 is 0 Å². The first-order valence-electron chi connectivity index (χ1n) is 19.6. The molecule has 0 saturated heterocycles. The van der Waals surface area contributed by atoms with Crippen LogP contribution in [0.4, 0.5) is 0 Å². The van der Waals surface area contributed by atoms with Crippen molar-refractivity contribution < 1.29 is 0 Å². The van der Waals surface area contributed by atoms with Crippen molar-refractivity contribution in [3.63, 3.8) is 0 Å². The fourth-order valence-corrected chi connectivity index (χ4v) is 10.8. The van der Waals surface area contributed by atoms with Crippen LogP contribution < -0.4 is 0 Å². The zero-order chi connectivity index (χ0) is 37.9. The molecule has 0 N–H and O–H groups in total. The quantitative estimate of drug-likeness (QED) is 0.180. The maximum atomic E-state index is 5.34. The molecule has 0 aliphatic heterocycles. The Hall–Kier alpha value is -7.47. The molecule has 0 unspecified atom stereocenters. The van der Waals surface area contributed by atoms with E-state index in [1.165, 1.54) is 74.7 Å². The molecule has 13 rings (SSSR count). The topological polar surface area (TPSA) is 43.6 Å². The molecule has 3 aromatic heterocycles. The Morgan fingerprint density at radius 1 is 0.397 bits per heavy atom. The van der Waals surface area contributed by atoms with Gasteiger partial charge in [-0.05, 0) is 62.5 Å². The summed E-state index contributed by atoms with van der Waals surface area (Å²) in [6, 6.07) is 65.2. The lowest BCUT2D eigenvalue weighted by Crippen LogP contribution is -2.03. The molecule has 0 fully saturated rings. The number of rotatable bonds is 4. The van der Waals surface area contributed by atoms with Crippen molar-refractivity contribution in [1.82, 2.24) is 19.5 Å². The van der Waals surface area contributed by atoms with Gasteiger partial charge in [0.2, 0.25) is 0 Å². The lowest BCUT2D eigenvalue weighted by molar-refractivity contribution is 1.07. The highest BCUT2D eigenvalue weighted by molar-refractivity contribution is 7.27. The van der Waals surface area contributed by atoms with Gasteiger partial charge in [-0.15, -0.1) is 11.3 Å². The van der Waals surface area contributed by atoms with Crippen molar-refractivity contribution in [1.29, 1.82) is 0 Å². The average Bonchev–Trinajstić information content (AvgIpc) is 3.96. The summed E-state index contributed by atoms with van der Waals surface area (Å²) >= 11 is 1.89. The molecule has 5 heteroatoms. The molecule has 0 bridgehead atoms. The van der Waals surface area contributed by atoms with E-state index in [1.54, 1.807) is 0 Å². The van der Waals surface area contributed by atoms with Crippen molar-refractivity contribution >= 4 is 74.9 Å². The van der Waals surface area contributed by atoms with Crippen molar-refractivity contribution in [2.75, 3.05) is 0 Å². The first-order chi connectivity index (χ1) is 28.8. The Labute approximate surface area is 337 Å². The van der Waals surface area contributed by atoms with Gasteiger partial charge in [-0.1, -0.05) is 158 Å². The Morgan fingerprint density at radius 3 is 1.69 bits per heavy atom. The molecule has 1 aliphatic carbocycles. The third-order valence-electron chi connectivity index (χ3n) is 11.9. The van der Waals surface area contributed by atoms with Gasteiger partial charge in [0.15, 0.2) is 17.5 Å². The minimum atomic E-state index is 0.646. The van der Waals surface area contributed by atoms with E-state index >= 15 is 0 Å². The van der Waals surface area contributed by atoms with Crippen molar-refractivity contribution in [3.05, 3.63) is 182 Å². The van der Waals surface area contributed by atoms with Crippen LogP contribution in [0.2, 0.25) is 0 Å². The molecular formula is C53H30N4S. The summed E-state index contributed by atoms with van der Waals surface area (Å²) in [6.45, 7) is 0. The van der Waals surface area contributed by atoms with Crippen LogP contribution >= 0.6 is 11.3 Å². The van der Waals surface area contributed by atoms with Crippen LogP contribution in [0.1, 0.15) is 0 Å². The highest BCUT2D eigenvalue weighted by Gasteiger charge is 2.29. The van der Waals surface area contributed by atoms with E-state index in [2.05, 4.69) is 150 Å². The van der Waals surface area contributed by atoms with Crippen LogP contribution in [-0.2, 0) is 0 Å². The van der Waals surface area contributed by atoms with Crippen LogP contribution in [0.5, 0.6) is 0 Å². The van der Waals surface area contributed by atoms with Gasteiger partial charge < -0.3 is 4.57 Å². The third kappa shape index (κ3) is 4.42. The van der Waals surface area contributed by atoms with E-state index in [9.17, 15) is 0 Å². The molecule has 3 heterocycles. The molecule has 0 atom stereocenters. The maximum absolute atomic E-state index is 5.34. The van der Waals surface area contributed by atoms with Crippen LogP contribution in [0.15, 0.2) is 182 Å². The van der Waals surface area contributed by atoms with Gasteiger partial charge in [-0.25, -0.2) is 15.0 Å². The molecule has 1 aliphatic rings. The molecule has 0 saturated carbocycles. The Kier molecular flexibility index (Phi) is 6.57. The first kappa shape index (κ1) is 31.7. The molecule has 0 radical (unpaired) electrons. The van der Waals surface area contributed by atoms with Gasteiger partial charge in [-0.3, -0.25) is 0 Å². The third-order valence-corrected chi connectivity index (χ3v) is 13.1. The molecule has 268 valence electrons. The minimum Gasteiger partial charge on any atom is -0.308 e. The number of thiophene rings is 1. The Balaban J connectivity index is 1.20.